The van der Waals surface area contributed by atoms with E-state index in [4.69, 9.17) is 10.5 Å². The lowest BCUT2D eigenvalue weighted by molar-refractivity contribution is 0.401. The van der Waals surface area contributed by atoms with Gasteiger partial charge in [0.1, 0.15) is 11.6 Å². The summed E-state index contributed by atoms with van der Waals surface area (Å²) in [4.78, 5) is 0. The Bertz CT molecular complexity index is 293. The van der Waals surface area contributed by atoms with E-state index in [2.05, 4.69) is 0 Å². The zero-order valence-corrected chi connectivity index (χ0v) is 9.10. The summed E-state index contributed by atoms with van der Waals surface area (Å²) in [5.41, 5.74) is 6.67. The van der Waals surface area contributed by atoms with E-state index < -0.39 is 0 Å². The smallest absolute Gasteiger partial charge is 0.126 e. The van der Waals surface area contributed by atoms with E-state index in [1.165, 1.54) is 19.2 Å². The van der Waals surface area contributed by atoms with E-state index >= 15 is 0 Å². The SMILES string of the molecule is CC[C@H](N)c1ccc(F)cc1OC.Cl. The molecule has 1 rings (SSSR count). The molecule has 0 amide bonds. The second kappa shape index (κ2) is 5.83. The van der Waals surface area contributed by atoms with Gasteiger partial charge in [-0.3, -0.25) is 0 Å². The molecule has 1 aromatic rings. The van der Waals surface area contributed by atoms with Gasteiger partial charge >= 0.3 is 0 Å². The van der Waals surface area contributed by atoms with Crippen molar-refractivity contribution in [2.45, 2.75) is 19.4 Å². The Labute approximate surface area is 89.7 Å². The maximum atomic E-state index is 12.8. The van der Waals surface area contributed by atoms with Crippen LogP contribution in [0.3, 0.4) is 0 Å². The van der Waals surface area contributed by atoms with E-state index in [0.29, 0.717) is 5.75 Å². The van der Waals surface area contributed by atoms with Gasteiger partial charge in [0.25, 0.3) is 0 Å². The number of nitrogens with two attached hydrogens (primary N) is 1. The summed E-state index contributed by atoms with van der Waals surface area (Å²) >= 11 is 0. The molecule has 4 heteroatoms. The molecule has 0 aliphatic rings. The van der Waals surface area contributed by atoms with E-state index in [1.54, 1.807) is 6.07 Å². The topological polar surface area (TPSA) is 35.2 Å². The third-order valence-corrected chi connectivity index (χ3v) is 2.03. The van der Waals surface area contributed by atoms with Crippen LogP contribution in [0.1, 0.15) is 24.9 Å². The van der Waals surface area contributed by atoms with Crippen molar-refractivity contribution in [3.63, 3.8) is 0 Å². The van der Waals surface area contributed by atoms with Crippen LogP contribution in [0.5, 0.6) is 5.75 Å². The van der Waals surface area contributed by atoms with Crippen LogP contribution in [0.15, 0.2) is 18.2 Å². The van der Waals surface area contributed by atoms with Gasteiger partial charge in [0.15, 0.2) is 0 Å². The van der Waals surface area contributed by atoms with Crippen LogP contribution in [0, 0.1) is 5.82 Å². The first-order valence-corrected chi connectivity index (χ1v) is 4.28. The van der Waals surface area contributed by atoms with E-state index in [0.717, 1.165) is 12.0 Å². The van der Waals surface area contributed by atoms with Crippen molar-refractivity contribution in [1.29, 1.82) is 0 Å². The maximum absolute atomic E-state index is 12.8. The molecular weight excluding hydrogens is 205 g/mol. The molecule has 0 fully saturated rings. The zero-order valence-electron chi connectivity index (χ0n) is 8.29. The molecule has 0 aliphatic heterocycles. The third kappa shape index (κ3) is 2.86. The first kappa shape index (κ1) is 13.2. The number of hydrogen-bond acceptors (Lipinski definition) is 2. The lowest BCUT2D eigenvalue weighted by Gasteiger charge is -2.13. The first-order valence-electron chi connectivity index (χ1n) is 4.28. The average Bonchev–Trinajstić information content (AvgIpc) is 2.16. The first-order chi connectivity index (χ1) is 6.19. The Morgan fingerprint density at radius 1 is 1.50 bits per heavy atom. The van der Waals surface area contributed by atoms with Crippen LogP contribution in [-0.2, 0) is 0 Å². The van der Waals surface area contributed by atoms with E-state index in [-0.39, 0.29) is 24.3 Å². The van der Waals surface area contributed by atoms with Crippen LogP contribution in [0.25, 0.3) is 0 Å². The minimum Gasteiger partial charge on any atom is -0.496 e. The molecule has 0 saturated carbocycles. The van der Waals surface area contributed by atoms with Crippen LogP contribution in [-0.4, -0.2) is 7.11 Å². The largest absolute Gasteiger partial charge is 0.496 e. The highest BCUT2D eigenvalue weighted by molar-refractivity contribution is 5.85. The summed E-state index contributed by atoms with van der Waals surface area (Å²) in [5.74, 6) is 0.221. The fraction of sp³-hybridized carbons (Fsp3) is 0.400. The molecule has 80 valence electrons. The van der Waals surface area contributed by atoms with Crippen LogP contribution in [0.4, 0.5) is 4.39 Å². The molecule has 0 aliphatic carbocycles. The Balaban J connectivity index is 0.00000169. The van der Waals surface area contributed by atoms with Crippen molar-refractivity contribution in [2.75, 3.05) is 7.11 Å². The lowest BCUT2D eigenvalue weighted by Crippen LogP contribution is -2.10. The number of benzene rings is 1. The maximum Gasteiger partial charge on any atom is 0.126 e. The van der Waals surface area contributed by atoms with Gasteiger partial charge < -0.3 is 10.5 Å². The third-order valence-electron chi connectivity index (χ3n) is 2.03. The molecule has 0 unspecified atom stereocenters. The molecule has 14 heavy (non-hydrogen) atoms. The summed E-state index contributed by atoms with van der Waals surface area (Å²) in [6.45, 7) is 1.98. The van der Waals surface area contributed by atoms with E-state index in [9.17, 15) is 4.39 Å². The number of methoxy groups -OCH3 is 1. The normalized spacial score (nSPS) is 11.7. The second-order valence-electron chi connectivity index (χ2n) is 2.90. The summed E-state index contributed by atoms with van der Waals surface area (Å²) < 4.78 is 17.8. The quantitative estimate of drug-likeness (QED) is 0.849. The number of ether oxygens (including phenoxy) is 1. The van der Waals surface area contributed by atoms with Gasteiger partial charge in [0, 0.05) is 17.7 Å². The highest BCUT2D eigenvalue weighted by atomic mass is 35.5. The summed E-state index contributed by atoms with van der Waals surface area (Å²) in [6.07, 6.45) is 0.808. The molecule has 0 aromatic heterocycles. The summed E-state index contributed by atoms with van der Waals surface area (Å²) in [6, 6.07) is 4.33. The molecule has 0 radical (unpaired) electrons. The highest BCUT2D eigenvalue weighted by Gasteiger charge is 2.10. The van der Waals surface area contributed by atoms with Crippen molar-refractivity contribution in [3.8, 4) is 5.75 Å². The van der Waals surface area contributed by atoms with Crippen LogP contribution < -0.4 is 10.5 Å². The van der Waals surface area contributed by atoms with Crippen LogP contribution >= 0.6 is 12.4 Å². The summed E-state index contributed by atoms with van der Waals surface area (Å²) in [5, 5.41) is 0. The Hall–Kier alpha value is -0.800. The van der Waals surface area contributed by atoms with E-state index in [1.807, 2.05) is 6.92 Å². The predicted octanol–water partition coefficient (Wildman–Crippen LogP) is 2.67. The predicted molar refractivity (Wildman–Crippen MR) is 57.4 cm³/mol. The van der Waals surface area contributed by atoms with Crippen molar-refractivity contribution >= 4 is 12.4 Å². The number of hydrogen-bond donors (Lipinski definition) is 1. The standard InChI is InChI=1S/C10H14FNO.ClH/c1-3-9(12)8-5-4-7(11)6-10(8)13-2;/h4-6,9H,3,12H2,1-2H3;1H/t9-;/m0./s1. The minimum atomic E-state index is -0.302. The van der Waals surface area contributed by atoms with Crippen LogP contribution in [0.2, 0.25) is 0 Å². The average molecular weight is 220 g/mol. The van der Waals surface area contributed by atoms with Crippen molar-refractivity contribution in [3.05, 3.63) is 29.6 Å². The van der Waals surface area contributed by atoms with Crippen molar-refractivity contribution in [1.82, 2.24) is 0 Å². The molecular formula is C10H15ClFNO. The monoisotopic (exact) mass is 219 g/mol. The Morgan fingerprint density at radius 2 is 2.14 bits per heavy atom. The molecule has 0 saturated heterocycles. The molecule has 0 bridgehead atoms. The second-order valence-corrected chi connectivity index (χ2v) is 2.90. The molecule has 0 heterocycles. The summed E-state index contributed by atoms with van der Waals surface area (Å²) in [7, 11) is 1.51. The van der Waals surface area contributed by atoms with Gasteiger partial charge in [-0.2, -0.15) is 0 Å². The van der Waals surface area contributed by atoms with Gasteiger partial charge in [-0.25, -0.2) is 4.39 Å². The van der Waals surface area contributed by atoms with Crippen molar-refractivity contribution in [2.24, 2.45) is 5.73 Å². The Kier molecular flexibility index (Phi) is 5.50. The minimum absolute atomic E-state index is 0. The van der Waals surface area contributed by atoms with Gasteiger partial charge in [0.2, 0.25) is 0 Å². The van der Waals surface area contributed by atoms with Gasteiger partial charge in [0.05, 0.1) is 7.11 Å². The fourth-order valence-electron chi connectivity index (χ4n) is 1.21. The molecule has 2 N–H and O–H groups in total. The number of rotatable bonds is 3. The van der Waals surface area contributed by atoms with Gasteiger partial charge in [-0.1, -0.05) is 13.0 Å². The lowest BCUT2D eigenvalue weighted by atomic mass is 10.0. The Morgan fingerprint density at radius 3 is 2.64 bits per heavy atom. The van der Waals surface area contributed by atoms with Gasteiger partial charge in [-0.15, -0.1) is 12.4 Å². The fourth-order valence-corrected chi connectivity index (χ4v) is 1.21. The number of halogens is 2. The molecule has 1 atom stereocenters. The molecule has 0 spiro atoms. The van der Waals surface area contributed by atoms with Crippen molar-refractivity contribution < 1.29 is 9.13 Å². The molecule has 2 nitrogen and oxygen atoms in total. The highest BCUT2D eigenvalue weighted by Crippen LogP contribution is 2.25. The zero-order chi connectivity index (χ0) is 9.84. The van der Waals surface area contributed by atoms with Gasteiger partial charge in [-0.05, 0) is 12.5 Å². The molecule has 1 aromatic carbocycles.